The molecule has 0 fully saturated rings. The summed E-state index contributed by atoms with van der Waals surface area (Å²) >= 11 is 0. The minimum Gasteiger partial charge on any atom is -0.494 e. The Morgan fingerprint density at radius 3 is 3.00 bits per heavy atom. The van der Waals surface area contributed by atoms with Gasteiger partial charge in [0.05, 0.1) is 12.3 Å². The molecule has 0 aliphatic carbocycles. The lowest BCUT2D eigenvalue weighted by molar-refractivity contribution is 0.309. The van der Waals surface area contributed by atoms with E-state index in [0.29, 0.717) is 12.3 Å². The highest BCUT2D eigenvalue weighted by Crippen LogP contribution is 2.22. The largest absolute Gasteiger partial charge is 0.494 e. The number of nitrogens with zero attached hydrogens (tertiary/aromatic N) is 2. The smallest absolute Gasteiger partial charge is 0.282 e. The molecule has 0 amide bonds. The lowest BCUT2D eigenvalue weighted by atomic mass is 10.1. The second-order valence-corrected chi connectivity index (χ2v) is 4.34. The average Bonchev–Trinajstić information content (AvgIpc) is 2.48. The van der Waals surface area contributed by atoms with Crippen LogP contribution < -0.4 is 10.3 Å². The van der Waals surface area contributed by atoms with Crippen LogP contribution in [0.1, 0.15) is 25.3 Å². The van der Waals surface area contributed by atoms with Crippen molar-refractivity contribution in [3.8, 4) is 23.1 Å². The van der Waals surface area contributed by atoms with Gasteiger partial charge in [0.25, 0.3) is 5.56 Å². The van der Waals surface area contributed by atoms with Crippen LogP contribution in [0.5, 0.6) is 5.75 Å². The number of unbranched alkanes of at least 4 members (excludes halogenated alkanes) is 1. The van der Waals surface area contributed by atoms with E-state index in [2.05, 4.69) is 17.1 Å². The van der Waals surface area contributed by atoms with Gasteiger partial charge in [0.15, 0.2) is 0 Å². The van der Waals surface area contributed by atoms with Crippen molar-refractivity contribution < 1.29 is 4.74 Å². The summed E-state index contributed by atoms with van der Waals surface area (Å²) in [6, 6.07) is 10.8. The molecule has 1 aromatic heterocycles. The molecule has 0 unspecified atom stereocenters. The molecule has 5 heteroatoms. The van der Waals surface area contributed by atoms with E-state index >= 15 is 0 Å². The van der Waals surface area contributed by atoms with Crippen LogP contribution in [0.4, 0.5) is 0 Å². The standard InChI is InChI=1S/C15H15N3O2/c1-2-3-7-20-13-6-4-5-11(8-13)14-9-12(10-16)15(19)18-17-14/h4-6,8-9H,2-3,7H2,1H3,(H,18,19). The van der Waals surface area contributed by atoms with Gasteiger partial charge in [-0.2, -0.15) is 10.4 Å². The molecule has 2 aromatic rings. The number of aromatic amines is 1. The Morgan fingerprint density at radius 1 is 1.40 bits per heavy atom. The first-order chi connectivity index (χ1) is 9.74. The van der Waals surface area contributed by atoms with E-state index in [9.17, 15) is 4.79 Å². The van der Waals surface area contributed by atoms with E-state index in [1.807, 2.05) is 30.3 Å². The summed E-state index contributed by atoms with van der Waals surface area (Å²) in [6.07, 6.45) is 2.08. The molecule has 0 aliphatic heterocycles. The summed E-state index contributed by atoms with van der Waals surface area (Å²) in [5, 5.41) is 15.1. The predicted octanol–water partition coefficient (Wildman–Crippen LogP) is 2.49. The number of hydrogen-bond acceptors (Lipinski definition) is 4. The molecule has 0 aliphatic rings. The van der Waals surface area contributed by atoms with Crippen LogP contribution in [0.15, 0.2) is 35.1 Å². The van der Waals surface area contributed by atoms with Gasteiger partial charge in [-0.25, -0.2) is 5.10 Å². The van der Waals surface area contributed by atoms with Crippen LogP contribution >= 0.6 is 0 Å². The molecular weight excluding hydrogens is 254 g/mol. The Labute approximate surface area is 116 Å². The van der Waals surface area contributed by atoms with E-state index in [1.54, 1.807) is 0 Å². The van der Waals surface area contributed by atoms with Crippen molar-refractivity contribution in [3.05, 3.63) is 46.2 Å². The first-order valence-electron chi connectivity index (χ1n) is 6.47. The highest BCUT2D eigenvalue weighted by Gasteiger charge is 2.06. The molecule has 2 rings (SSSR count). The van der Waals surface area contributed by atoms with Crippen molar-refractivity contribution in [3.63, 3.8) is 0 Å². The molecule has 0 saturated carbocycles. The Hall–Kier alpha value is -2.61. The molecule has 1 N–H and O–H groups in total. The van der Waals surface area contributed by atoms with Gasteiger partial charge in [-0.1, -0.05) is 25.5 Å². The molecule has 20 heavy (non-hydrogen) atoms. The Kier molecular flexibility index (Phi) is 4.51. The van der Waals surface area contributed by atoms with Crippen molar-refractivity contribution in [2.45, 2.75) is 19.8 Å². The molecule has 1 aromatic carbocycles. The van der Waals surface area contributed by atoms with E-state index in [-0.39, 0.29) is 5.56 Å². The van der Waals surface area contributed by atoms with Gasteiger partial charge in [0.1, 0.15) is 17.4 Å². The van der Waals surface area contributed by atoms with Crippen LogP contribution in [0.3, 0.4) is 0 Å². The molecule has 5 nitrogen and oxygen atoms in total. The van der Waals surface area contributed by atoms with Crippen LogP contribution in [0, 0.1) is 11.3 Å². The minimum atomic E-state index is -0.480. The maximum Gasteiger partial charge on any atom is 0.282 e. The maximum absolute atomic E-state index is 11.3. The summed E-state index contributed by atoms with van der Waals surface area (Å²) in [4.78, 5) is 11.3. The first kappa shape index (κ1) is 13.8. The maximum atomic E-state index is 11.3. The van der Waals surface area contributed by atoms with Crippen molar-refractivity contribution in [2.24, 2.45) is 0 Å². The Balaban J connectivity index is 2.27. The van der Waals surface area contributed by atoms with E-state index in [4.69, 9.17) is 10.00 Å². The monoisotopic (exact) mass is 269 g/mol. The van der Waals surface area contributed by atoms with Gasteiger partial charge in [0.2, 0.25) is 0 Å². The number of nitrogens with one attached hydrogen (secondary N) is 1. The molecule has 1 heterocycles. The SMILES string of the molecule is CCCCOc1cccc(-c2cc(C#N)c(=O)[nH]n2)c1. The third-order valence-electron chi connectivity index (χ3n) is 2.82. The lowest BCUT2D eigenvalue weighted by Crippen LogP contribution is -2.12. The van der Waals surface area contributed by atoms with Crippen LogP contribution in [-0.2, 0) is 0 Å². The zero-order valence-electron chi connectivity index (χ0n) is 11.2. The number of ether oxygens (including phenoxy) is 1. The van der Waals surface area contributed by atoms with Gasteiger partial charge in [-0.3, -0.25) is 4.79 Å². The Bertz CT molecular complexity index is 686. The molecule has 0 spiro atoms. The fourth-order valence-electron chi connectivity index (χ4n) is 1.72. The zero-order chi connectivity index (χ0) is 14.4. The topological polar surface area (TPSA) is 78.8 Å². The van der Waals surface area contributed by atoms with Gasteiger partial charge in [-0.15, -0.1) is 0 Å². The molecule has 102 valence electrons. The zero-order valence-corrected chi connectivity index (χ0v) is 11.2. The first-order valence-corrected chi connectivity index (χ1v) is 6.47. The number of rotatable bonds is 5. The molecular formula is C15H15N3O2. The van der Waals surface area contributed by atoms with Gasteiger partial charge in [-0.05, 0) is 24.6 Å². The van der Waals surface area contributed by atoms with Crippen molar-refractivity contribution >= 4 is 0 Å². The highest BCUT2D eigenvalue weighted by molar-refractivity contribution is 5.61. The van der Waals surface area contributed by atoms with Gasteiger partial charge < -0.3 is 4.74 Å². The van der Waals surface area contributed by atoms with Crippen LogP contribution in [0.2, 0.25) is 0 Å². The van der Waals surface area contributed by atoms with Gasteiger partial charge in [0, 0.05) is 5.56 Å². The number of aromatic nitrogens is 2. The van der Waals surface area contributed by atoms with E-state index in [0.717, 1.165) is 24.2 Å². The number of hydrogen-bond donors (Lipinski definition) is 1. The normalized spacial score (nSPS) is 10.0. The van der Waals surface area contributed by atoms with Crippen LogP contribution in [0.25, 0.3) is 11.3 Å². The Morgan fingerprint density at radius 2 is 2.25 bits per heavy atom. The summed E-state index contributed by atoms with van der Waals surface area (Å²) in [6.45, 7) is 2.77. The van der Waals surface area contributed by atoms with E-state index < -0.39 is 5.56 Å². The third-order valence-corrected chi connectivity index (χ3v) is 2.82. The second-order valence-electron chi connectivity index (χ2n) is 4.34. The average molecular weight is 269 g/mol. The predicted molar refractivity (Wildman–Crippen MR) is 75.4 cm³/mol. The van der Waals surface area contributed by atoms with Crippen molar-refractivity contribution in [1.29, 1.82) is 5.26 Å². The lowest BCUT2D eigenvalue weighted by Gasteiger charge is -2.07. The number of benzene rings is 1. The summed E-state index contributed by atoms with van der Waals surface area (Å²) in [5.41, 5.74) is 0.910. The van der Waals surface area contributed by atoms with Gasteiger partial charge >= 0.3 is 0 Å². The summed E-state index contributed by atoms with van der Waals surface area (Å²) in [5.74, 6) is 0.752. The van der Waals surface area contributed by atoms with Crippen molar-refractivity contribution in [2.75, 3.05) is 6.61 Å². The summed E-state index contributed by atoms with van der Waals surface area (Å²) in [7, 11) is 0. The second kappa shape index (κ2) is 6.53. The molecule has 0 bridgehead atoms. The third kappa shape index (κ3) is 3.23. The number of nitriles is 1. The fourth-order valence-corrected chi connectivity index (χ4v) is 1.72. The number of H-pyrrole nitrogens is 1. The van der Waals surface area contributed by atoms with Crippen LogP contribution in [-0.4, -0.2) is 16.8 Å². The molecule has 0 radical (unpaired) electrons. The van der Waals surface area contributed by atoms with Crippen molar-refractivity contribution in [1.82, 2.24) is 10.2 Å². The quantitative estimate of drug-likeness (QED) is 0.846. The fraction of sp³-hybridized carbons (Fsp3) is 0.267. The molecule has 0 saturated heterocycles. The van der Waals surface area contributed by atoms with E-state index in [1.165, 1.54) is 6.07 Å². The summed E-state index contributed by atoms with van der Waals surface area (Å²) < 4.78 is 5.62. The molecule has 0 atom stereocenters. The minimum absolute atomic E-state index is 0.0484. The highest BCUT2D eigenvalue weighted by atomic mass is 16.5.